The topological polar surface area (TPSA) is 57.6 Å². The highest BCUT2D eigenvalue weighted by Crippen LogP contribution is 2.42. The number of benzene rings is 3. The molecule has 9 heteroatoms. The Labute approximate surface area is 190 Å². The molecule has 170 valence electrons. The molecule has 0 aliphatic carbocycles. The van der Waals surface area contributed by atoms with E-state index in [4.69, 9.17) is 5.11 Å². The average Bonchev–Trinajstić information content (AvgIpc) is 2.76. The Morgan fingerprint density at radius 3 is 2.39 bits per heavy atom. The SMILES string of the molecule is O=C(O)c1ccc(C[C@H]2Sc3cc(F)ccc3N(Cc3ccccc3C(F)(F)F)C2=O)cc1. The molecule has 1 heterocycles. The molecule has 3 aromatic rings. The summed E-state index contributed by atoms with van der Waals surface area (Å²) in [6, 6.07) is 14.9. The van der Waals surface area contributed by atoms with Gasteiger partial charge in [0.05, 0.1) is 28.6 Å². The van der Waals surface area contributed by atoms with Crippen LogP contribution in [0.4, 0.5) is 23.2 Å². The summed E-state index contributed by atoms with van der Waals surface area (Å²) in [5.74, 6) is -2.00. The number of thioether (sulfide) groups is 1. The minimum Gasteiger partial charge on any atom is -0.478 e. The molecule has 1 atom stereocenters. The lowest BCUT2D eigenvalue weighted by atomic mass is 10.0. The molecule has 0 radical (unpaired) electrons. The van der Waals surface area contributed by atoms with E-state index in [0.717, 1.165) is 17.8 Å². The number of carbonyl (C=O) groups excluding carboxylic acids is 1. The minimum absolute atomic E-state index is 0.0647. The van der Waals surface area contributed by atoms with Crippen LogP contribution in [0.2, 0.25) is 0 Å². The summed E-state index contributed by atoms with van der Waals surface area (Å²) in [7, 11) is 0. The summed E-state index contributed by atoms with van der Waals surface area (Å²) in [4.78, 5) is 26.1. The molecule has 4 rings (SSSR count). The van der Waals surface area contributed by atoms with Gasteiger partial charge in [0, 0.05) is 4.90 Å². The first-order valence-electron chi connectivity index (χ1n) is 9.88. The second-order valence-corrected chi connectivity index (χ2v) is 8.75. The highest BCUT2D eigenvalue weighted by Gasteiger charge is 2.37. The van der Waals surface area contributed by atoms with Gasteiger partial charge in [0.2, 0.25) is 5.91 Å². The quantitative estimate of drug-likeness (QED) is 0.475. The van der Waals surface area contributed by atoms with Gasteiger partial charge in [-0.3, -0.25) is 4.79 Å². The Morgan fingerprint density at radius 1 is 1.03 bits per heavy atom. The van der Waals surface area contributed by atoms with Gasteiger partial charge in [-0.25, -0.2) is 9.18 Å². The minimum atomic E-state index is -4.58. The number of aromatic carboxylic acids is 1. The normalized spacial score (nSPS) is 15.9. The third-order valence-corrected chi connectivity index (χ3v) is 6.53. The van der Waals surface area contributed by atoms with Crippen molar-refractivity contribution in [2.24, 2.45) is 0 Å². The predicted octanol–water partition coefficient (Wildman–Crippen LogP) is 5.79. The second kappa shape index (κ2) is 8.90. The van der Waals surface area contributed by atoms with Crippen LogP contribution in [0.25, 0.3) is 0 Å². The van der Waals surface area contributed by atoms with Crippen molar-refractivity contribution in [1.82, 2.24) is 0 Å². The lowest BCUT2D eigenvalue weighted by Crippen LogP contribution is -2.41. The van der Waals surface area contributed by atoms with E-state index in [1.165, 1.54) is 53.4 Å². The number of alkyl halides is 3. The lowest BCUT2D eigenvalue weighted by molar-refractivity contribution is -0.138. The van der Waals surface area contributed by atoms with Gasteiger partial charge in [-0.05, 0) is 53.9 Å². The molecular weight excluding hydrogens is 458 g/mol. The molecule has 4 nitrogen and oxygen atoms in total. The van der Waals surface area contributed by atoms with Gasteiger partial charge < -0.3 is 10.0 Å². The Morgan fingerprint density at radius 2 is 1.73 bits per heavy atom. The van der Waals surface area contributed by atoms with Crippen molar-refractivity contribution >= 4 is 29.3 Å². The molecule has 0 saturated heterocycles. The van der Waals surface area contributed by atoms with Crippen molar-refractivity contribution in [1.29, 1.82) is 0 Å². The standard InChI is InChI=1S/C24H17F4NO3S/c25-17-9-10-19-20(12-17)33-21(11-14-5-7-15(8-6-14)23(31)32)22(30)29(19)13-16-3-1-2-4-18(16)24(26,27)28/h1-10,12,21H,11,13H2,(H,31,32)/t21-/m1/s1. The van der Waals surface area contributed by atoms with Crippen LogP contribution >= 0.6 is 11.8 Å². The maximum atomic E-state index is 13.9. The van der Waals surface area contributed by atoms with Gasteiger partial charge in [-0.15, -0.1) is 11.8 Å². The van der Waals surface area contributed by atoms with E-state index in [-0.39, 0.29) is 24.1 Å². The van der Waals surface area contributed by atoms with Crippen molar-refractivity contribution in [2.75, 3.05) is 4.90 Å². The molecular formula is C24H17F4NO3S. The Bertz CT molecular complexity index is 1210. The first-order valence-corrected chi connectivity index (χ1v) is 10.8. The van der Waals surface area contributed by atoms with Gasteiger partial charge in [0.25, 0.3) is 0 Å². The lowest BCUT2D eigenvalue weighted by Gasteiger charge is -2.34. The van der Waals surface area contributed by atoms with Crippen molar-refractivity contribution in [3.05, 3.63) is 94.8 Å². The number of carbonyl (C=O) groups is 2. The molecule has 0 aromatic heterocycles. The first-order chi connectivity index (χ1) is 15.6. The monoisotopic (exact) mass is 475 g/mol. The molecule has 1 aliphatic heterocycles. The Balaban J connectivity index is 1.68. The highest BCUT2D eigenvalue weighted by molar-refractivity contribution is 8.01. The zero-order chi connectivity index (χ0) is 23.8. The summed E-state index contributed by atoms with van der Waals surface area (Å²) in [6.45, 7) is -0.317. The number of halogens is 4. The van der Waals surface area contributed by atoms with Crippen LogP contribution in [0.15, 0.2) is 71.6 Å². The summed E-state index contributed by atoms with van der Waals surface area (Å²) in [5.41, 5.74) is 0.229. The van der Waals surface area contributed by atoms with Crippen LogP contribution < -0.4 is 4.90 Å². The molecule has 0 spiro atoms. The number of hydrogen-bond donors (Lipinski definition) is 1. The maximum Gasteiger partial charge on any atom is 0.416 e. The number of anilines is 1. The summed E-state index contributed by atoms with van der Waals surface area (Å²) < 4.78 is 54.4. The zero-order valence-electron chi connectivity index (χ0n) is 17.0. The van der Waals surface area contributed by atoms with Crippen molar-refractivity contribution in [3.8, 4) is 0 Å². The molecule has 1 aliphatic rings. The van der Waals surface area contributed by atoms with Gasteiger partial charge in [0.1, 0.15) is 5.82 Å². The van der Waals surface area contributed by atoms with Crippen LogP contribution in [-0.4, -0.2) is 22.2 Å². The second-order valence-electron chi connectivity index (χ2n) is 7.50. The number of nitrogens with zero attached hydrogens (tertiary/aromatic N) is 1. The fraction of sp³-hybridized carbons (Fsp3) is 0.167. The molecule has 1 N–H and O–H groups in total. The number of rotatable bonds is 5. The molecule has 0 bridgehead atoms. The third-order valence-electron chi connectivity index (χ3n) is 5.30. The first kappa shape index (κ1) is 22.8. The highest BCUT2D eigenvalue weighted by atomic mass is 32.2. The van der Waals surface area contributed by atoms with Crippen molar-refractivity contribution in [2.45, 2.75) is 29.3 Å². The molecule has 0 unspecified atom stereocenters. The number of amides is 1. The van der Waals surface area contributed by atoms with E-state index in [1.54, 1.807) is 12.1 Å². The smallest absolute Gasteiger partial charge is 0.416 e. The molecule has 1 amide bonds. The van der Waals surface area contributed by atoms with Gasteiger partial charge in [-0.2, -0.15) is 13.2 Å². The van der Waals surface area contributed by atoms with Crippen LogP contribution in [0.1, 0.15) is 27.0 Å². The van der Waals surface area contributed by atoms with Gasteiger partial charge in [0.15, 0.2) is 0 Å². The van der Waals surface area contributed by atoms with Gasteiger partial charge in [-0.1, -0.05) is 30.3 Å². The number of carboxylic acids is 1. The number of carboxylic acid groups (broad SMARTS) is 1. The Kier molecular flexibility index (Phi) is 6.16. The van der Waals surface area contributed by atoms with E-state index in [9.17, 15) is 27.2 Å². The molecule has 0 saturated carbocycles. The van der Waals surface area contributed by atoms with Crippen LogP contribution in [0, 0.1) is 5.82 Å². The summed E-state index contributed by atoms with van der Waals surface area (Å²) in [5, 5.41) is 8.33. The molecule has 0 fully saturated rings. The number of fused-ring (bicyclic) bond motifs is 1. The van der Waals surface area contributed by atoms with E-state index in [1.807, 2.05) is 0 Å². The summed E-state index contributed by atoms with van der Waals surface area (Å²) in [6.07, 6.45) is -4.38. The predicted molar refractivity (Wildman–Crippen MR) is 116 cm³/mol. The fourth-order valence-corrected chi connectivity index (χ4v) is 4.99. The third kappa shape index (κ3) is 4.88. The van der Waals surface area contributed by atoms with Crippen LogP contribution in [-0.2, 0) is 23.9 Å². The van der Waals surface area contributed by atoms with Crippen molar-refractivity contribution < 1.29 is 32.3 Å². The average molecular weight is 475 g/mol. The Hall–Kier alpha value is -3.33. The van der Waals surface area contributed by atoms with Gasteiger partial charge >= 0.3 is 12.1 Å². The molecule has 33 heavy (non-hydrogen) atoms. The fourth-order valence-electron chi connectivity index (χ4n) is 3.70. The van der Waals surface area contributed by atoms with E-state index >= 15 is 0 Å². The van der Waals surface area contributed by atoms with Crippen molar-refractivity contribution in [3.63, 3.8) is 0 Å². The number of hydrogen-bond acceptors (Lipinski definition) is 3. The maximum absolute atomic E-state index is 13.9. The van der Waals surface area contributed by atoms with Crippen LogP contribution in [0.3, 0.4) is 0 Å². The zero-order valence-corrected chi connectivity index (χ0v) is 17.8. The van der Waals surface area contributed by atoms with Crippen LogP contribution in [0.5, 0.6) is 0 Å². The van der Waals surface area contributed by atoms with E-state index in [0.29, 0.717) is 16.1 Å². The largest absolute Gasteiger partial charge is 0.478 e. The van der Waals surface area contributed by atoms with E-state index in [2.05, 4.69) is 0 Å². The summed E-state index contributed by atoms with van der Waals surface area (Å²) >= 11 is 1.14. The molecule has 3 aromatic carbocycles. The van der Waals surface area contributed by atoms with E-state index < -0.39 is 34.7 Å².